The third-order valence-electron chi connectivity index (χ3n) is 4.69. The summed E-state index contributed by atoms with van der Waals surface area (Å²) >= 11 is 0. The van der Waals surface area contributed by atoms with E-state index < -0.39 is 11.9 Å². The van der Waals surface area contributed by atoms with Gasteiger partial charge >= 0.3 is 5.97 Å². The summed E-state index contributed by atoms with van der Waals surface area (Å²) in [6.07, 6.45) is 12.7. The first-order chi connectivity index (χ1) is 14.6. The lowest BCUT2D eigenvalue weighted by Crippen LogP contribution is -2.34. The third kappa shape index (κ3) is 12.0. The molecule has 2 N–H and O–H groups in total. The van der Waals surface area contributed by atoms with E-state index in [0.717, 1.165) is 24.8 Å². The average molecular weight is 418 g/mol. The number of ether oxygens (including phenoxy) is 1. The Kier molecular flexibility index (Phi) is 13.6. The van der Waals surface area contributed by atoms with Crippen molar-refractivity contribution in [3.8, 4) is 0 Å². The number of unbranched alkanes of at least 4 members (excludes halogenated alkanes) is 8. The normalized spacial score (nSPS) is 10.7. The molecule has 0 heterocycles. The van der Waals surface area contributed by atoms with Crippen molar-refractivity contribution < 1.29 is 19.1 Å². The highest BCUT2D eigenvalue weighted by Gasteiger charge is 2.05. The van der Waals surface area contributed by atoms with Crippen LogP contribution in [-0.2, 0) is 14.3 Å². The van der Waals surface area contributed by atoms with Crippen molar-refractivity contribution >= 4 is 24.0 Å². The van der Waals surface area contributed by atoms with Crippen molar-refractivity contribution in [1.82, 2.24) is 10.7 Å². The second-order valence-corrected chi connectivity index (χ2v) is 7.26. The van der Waals surface area contributed by atoms with Crippen molar-refractivity contribution in [3.05, 3.63) is 35.4 Å². The minimum atomic E-state index is -0.412. The number of benzene rings is 1. The van der Waals surface area contributed by atoms with Crippen molar-refractivity contribution in [2.24, 2.45) is 5.10 Å². The number of esters is 1. The van der Waals surface area contributed by atoms with E-state index in [1.54, 1.807) is 24.3 Å². The molecule has 1 aromatic rings. The SMILES string of the molecule is CCCCCCCCCCCC(=O)NCC(=O)N/N=C\c1ccc(C(=O)OC)cc1. The molecule has 0 bridgehead atoms. The Morgan fingerprint density at radius 3 is 2.10 bits per heavy atom. The lowest BCUT2D eigenvalue weighted by atomic mass is 10.1. The molecule has 166 valence electrons. The molecule has 7 nitrogen and oxygen atoms in total. The van der Waals surface area contributed by atoms with Crippen molar-refractivity contribution in [2.45, 2.75) is 71.1 Å². The fourth-order valence-electron chi connectivity index (χ4n) is 2.90. The summed E-state index contributed by atoms with van der Waals surface area (Å²) in [5.41, 5.74) is 3.52. The van der Waals surface area contributed by atoms with Gasteiger partial charge in [0, 0.05) is 6.42 Å². The van der Waals surface area contributed by atoms with E-state index in [0.29, 0.717) is 12.0 Å². The Bertz CT molecular complexity index is 672. The van der Waals surface area contributed by atoms with Crippen molar-refractivity contribution in [3.63, 3.8) is 0 Å². The Morgan fingerprint density at radius 2 is 1.50 bits per heavy atom. The first kappa shape index (κ1) is 25.3. The van der Waals surface area contributed by atoms with Crippen LogP contribution in [0.1, 0.15) is 87.1 Å². The van der Waals surface area contributed by atoms with Gasteiger partial charge < -0.3 is 10.1 Å². The smallest absolute Gasteiger partial charge is 0.337 e. The van der Waals surface area contributed by atoms with Crippen LogP contribution in [0.25, 0.3) is 0 Å². The molecule has 0 saturated heterocycles. The highest BCUT2D eigenvalue weighted by atomic mass is 16.5. The Morgan fingerprint density at radius 1 is 0.900 bits per heavy atom. The van der Waals surface area contributed by atoms with Gasteiger partial charge in [-0.2, -0.15) is 5.10 Å². The molecular weight excluding hydrogens is 382 g/mol. The summed E-state index contributed by atoms with van der Waals surface area (Å²) < 4.78 is 4.63. The minimum Gasteiger partial charge on any atom is -0.465 e. The molecule has 0 radical (unpaired) electrons. The maximum absolute atomic E-state index is 11.8. The first-order valence-corrected chi connectivity index (χ1v) is 10.8. The maximum atomic E-state index is 11.8. The quantitative estimate of drug-likeness (QED) is 0.195. The van der Waals surface area contributed by atoms with Gasteiger partial charge in [0.15, 0.2) is 0 Å². The van der Waals surface area contributed by atoms with E-state index in [2.05, 4.69) is 27.5 Å². The fraction of sp³-hybridized carbons (Fsp3) is 0.565. The lowest BCUT2D eigenvalue weighted by molar-refractivity contribution is -0.126. The zero-order chi connectivity index (χ0) is 22.0. The second kappa shape index (κ2) is 16.1. The first-order valence-electron chi connectivity index (χ1n) is 10.8. The average Bonchev–Trinajstić information content (AvgIpc) is 2.76. The van der Waals surface area contributed by atoms with Gasteiger partial charge in [-0.1, -0.05) is 70.4 Å². The number of methoxy groups -OCH3 is 1. The molecule has 0 atom stereocenters. The van der Waals surface area contributed by atoms with Gasteiger partial charge in [0.25, 0.3) is 5.91 Å². The number of nitrogens with one attached hydrogen (secondary N) is 2. The molecule has 7 heteroatoms. The van der Waals surface area contributed by atoms with Gasteiger partial charge in [0.1, 0.15) is 0 Å². The predicted octanol–water partition coefficient (Wildman–Crippen LogP) is 3.96. The van der Waals surface area contributed by atoms with Crippen LogP contribution >= 0.6 is 0 Å². The summed E-state index contributed by atoms with van der Waals surface area (Å²) in [6, 6.07) is 6.60. The van der Waals surface area contributed by atoms with Crippen LogP contribution in [0.2, 0.25) is 0 Å². The number of hydrogen-bond acceptors (Lipinski definition) is 5. The Balaban J connectivity index is 2.09. The topological polar surface area (TPSA) is 96.9 Å². The van der Waals surface area contributed by atoms with E-state index in [4.69, 9.17) is 0 Å². The van der Waals surface area contributed by atoms with Gasteiger partial charge in [-0.05, 0) is 24.1 Å². The monoisotopic (exact) mass is 417 g/mol. The molecule has 0 saturated carbocycles. The van der Waals surface area contributed by atoms with Crippen LogP contribution in [-0.4, -0.2) is 37.7 Å². The van der Waals surface area contributed by atoms with Crippen molar-refractivity contribution in [1.29, 1.82) is 0 Å². The van der Waals surface area contributed by atoms with E-state index in [9.17, 15) is 14.4 Å². The van der Waals surface area contributed by atoms with Crippen molar-refractivity contribution in [2.75, 3.05) is 13.7 Å². The molecule has 1 rings (SSSR count). The van der Waals surface area contributed by atoms with Crippen LogP contribution in [0.3, 0.4) is 0 Å². The zero-order valence-electron chi connectivity index (χ0n) is 18.2. The Labute approximate surface area is 179 Å². The fourth-order valence-corrected chi connectivity index (χ4v) is 2.90. The van der Waals surface area contributed by atoms with Crippen LogP contribution in [0.15, 0.2) is 29.4 Å². The maximum Gasteiger partial charge on any atom is 0.337 e. The van der Waals surface area contributed by atoms with Gasteiger partial charge in [0.2, 0.25) is 5.91 Å². The third-order valence-corrected chi connectivity index (χ3v) is 4.69. The largest absolute Gasteiger partial charge is 0.465 e. The zero-order valence-corrected chi connectivity index (χ0v) is 18.2. The molecule has 1 aromatic carbocycles. The molecule has 30 heavy (non-hydrogen) atoms. The second-order valence-electron chi connectivity index (χ2n) is 7.26. The van der Waals surface area contributed by atoms with E-state index in [1.807, 2.05) is 0 Å². The summed E-state index contributed by atoms with van der Waals surface area (Å²) in [5.74, 6) is -0.918. The number of hydrogen-bond donors (Lipinski definition) is 2. The highest BCUT2D eigenvalue weighted by molar-refractivity contribution is 5.91. The lowest BCUT2D eigenvalue weighted by Gasteiger charge is -2.05. The van der Waals surface area contributed by atoms with Crippen LogP contribution < -0.4 is 10.7 Å². The summed E-state index contributed by atoms with van der Waals surface area (Å²) in [4.78, 5) is 34.9. The van der Waals surface area contributed by atoms with Crippen LogP contribution in [0.5, 0.6) is 0 Å². The number of carbonyl (C=O) groups is 3. The molecular formula is C23H35N3O4. The number of rotatable bonds is 15. The van der Waals surface area contributed by atoms with E-state index in [-0.39, 0.29) is 12.5 Å². The van der Waals surface area contributed by atoms with Gasteiger partial charge in [0.05, 0.1) is 25.4 Å². The summed E-state index contributed by atoms with van der Waals surface area (Å²) in [5, 5.41) is 6.45. The van der Waals surface area contributed by atoms with Gasteiger partial charge in [-0.3, -0.25) is 9.59 Å². The van der Waals surface area contributed by atoms with Crippen LogP contribution in [0, 0.1) is 0 Å². The molecule has 0 aliphatic carbocycles. The minimum absolute atomic E-state index is 0.102. The molecule has 2 amide bonds. The molecule has 0 fully saturated rings. The number of nitrogens with zero attached hydrogens (tertiary/aromatic N) is 1. The molecule has 0 aliphatic heterocycles. The molecule has 0 aliphatic rings. The molecule has 0 unspecified atom stereocenters. The van der Waals surface area contributed by atoms with Gasteiger partial charge in [-0.15, -0.1) is 0 Å². The van der Waals surface area contributed by atoms with Gasteiger partial charge in [-0.25, -0.2) is 10.2 Å². The number of hydrazone groups is 1. The summed E-state index contributed by atoms with van der Waals surface area (Å²) in [7, 11) is 1.32. The van der Waals surface area contributed by atoms with Crippen LogP contribution in [0.4, 0.5) is 0 Å². The number of amides is 2. The van der Waals surface area contributed by atoms with E-state index in [1.165, 1.54) is 51.8 Å². The van der Waals surface area contributed by atoms with E-state index >= 15 is 0 Å². The molecule has 0 aromatic heterocycles. The molecule has 0 spiro atoms. The standard InChI is InChI=1S/C23H35N3O4/c1-3-4-5-6-7-8-9-10-11-12-21(27)24-18-22(28)26-25-17-19-13-15-20(16-14-19)23(29)30-2/h13-17H,3-12,18H2,1-2H3,(H,24,27)(H,26,28)/b25-17-. The highest BCUT2D eigenvalue weighted by Crippen LogP contribution is 2.10. The summed E-state index contributed by atoms with van der Waals surface area (Å²) in [6.45, 7) is 2.12. The number of carbonyl (C=O) groups excluding carboxylic acids is 3. The predicted molar refractivity (Wildman–Crippen MR) is 118 cm³/mol. The Hall–Kier alpha value is -2.70.